The van der Waals surface area contributed by atoms with Gasteiger partial charge in [-0.15, -0.1) is 0 Å². The third-order valence-corrected chi connectivity index (χ3v) is 5.06. The number of hydrogen-bond acceptors (Lipinski definition) is 4. The molecule has 2 N–H and O–H groups in total. The molecule has 0 unspecified atom stereocenters. The molecule has 0 amide bonds. The van der Waals surface area contributed by atoms with E-state index in [0.29, 0.717) is 16.8 Å². The van der Waals surface area contributed by atoms with Gasteiger partial charge in [-0.25, -0.2) is 4.98 Å². The lowest BCUT2D eigenvalue weighted by molar-refractivity contribution is 1.21. The summed E-state index contributed by atoms with van der Waals surface area (Å²) in [6.45, 7) is 0. The van der Waals surface area contributed by atoms with Crippen molar-refractivity contribution in [3.8, 4) is 23.3 Å². The Morgan fingerprint density at radius 2 is 1.54 bits per heavy atom. The SMILES string of the molecule is N#Cc1c(-c2cccc3ccccc23)c(C#N)c2nc3ccccc3n2c1N. The number of fused-ring (bicyclic) bond motifs is 4. The highest BCUT2D eigenvalue weighted by Crippen LogP contribution is 2.38. The molecule has 5 aromatic rings. The zero-order valence-corrected chi connectivity index (χ0v) is 14.7. The molecule has 5 heteroatoms. The summed E-state index contributed by atoms with van der Waals surface area (Å²) in [6.07, 6.45) is 0. The number of aromatic nitrogens is 2. The fourth-order valence-electron chi connectivity index (χ4n) is 3.85. The molecule has 2 aromatic heterocycles. The van der Waals surface area contributed by atoms with E-state index in [2.05, 4.69) is 17.1 Å². The molecule has 28 heavy (non-hydrogen) atoms. The molecule has 2 heterocycles. The summed E-state index contributed by atoms with van der Waals surface area (Å²) in [6, 6.07) is 25.7. The van der Waals surface area contributed by atoms with Crippen LogP contribution in [0.3, 0.4) is 0 Å². The number of nitriles is 2. The molecule has 0 spiro atoms. The van der Waals surface area contributed by atoms with Gasteiger partial charge in [0.15, 0.2) is 5.65 Å². The Labute approximate surface area is 160 Å². The maximum atomic E-state index is 10.0. The quantitative estimate of drug-likeness (QED) is 0.472. The Kier molecular flexibility index (Phi) is 3.31. The van der Waals surface area contributed by atoms with E-state index in [-0.39, 0.29) is 11.4 Å². The van der Waals surface area contributed by atoms with Gasteiger partial charge < -0.3 is 5.73 Å². The minimum atomic E-state index is 0.281. The van der Waals surface area contributed by atoms with Crippen LogP contribution in [-0.4, -0.2) is 9.38 Å². The van der Waals surface area contributed by atoms with E-state index in [1.165, 1.54) is 0 Å². The van der Waals surface area contributed by atoms with Crippen LogP contribution in [0.2, 0.25) is 0 Å². The number of anilines is 1. The van der Waals surface area contributed by atoms with Crippen molar-refractivity contribution >= 4 is 33.3 Å². The average Bonchev–Trinajstić information content (AvgIpc) is 3.13. The lowest BCUT2D eigenvalue weighted by atomic mass is 9.92. The Morgan fingerprint density at radius 3 is 2.36 bits per heavy atom. The normalized spacial score (nSPS) is 10.9. The third kappa shape index (κ3) is 2.02. The van der Waals surface area contributed by atoms with E-state index < -0.39 is 0 Å². The molecular formula is C23H13N5. The van der Waals surface area contributed by atoms with Crippen LogP contribution in [0.25, 0.3) is 38.6 Å². The molecule has 0 aliphatic rings. The fraction of sp³-hybridized carbons (Fsp3) is 0. The van der Waals surface area contributed by atoms with Crippen LogP contribution >= 0.6 is 0 Å². The minimum Gasteiger partial charge on any atom is -0.384 e. The van der Waals surface area contributed by atoms with Gasteiger partial charge in [-0.3, -0.25) is 4.40 Å². The summed E-state index contributed by atoms with van der Waals surface area (Å²) in [5.74, 6) is 0.285. The van der Waals surface area contributed by atoms with Crippen LogP contribution in [0.1, 0.15) is 11.1 Å². The van der Waals surface area contributed by atoms with Crippen molar-refractivity contribution in [2.75, 3.05) is 5.73 Å². The van der Waals surface area contributed by atoms with Gasteiger partial charge in [0.05, 0.1) is 11.0 Å². The van der Waals surface area contributed by atoms with Crippen molar-refractivity contribution in [3.63, 3.8) is 0 Å². The lowest BCUT2D eigenvalue weighted by Crippen LogP contribution is -2.06. The summed E-state index contributed by atoms with van der Waals surface area (Å²) in [5, 5.41) is 22.0. The molecule has 0 saturated carbocycles. The van der Waals surface area contributed by atoms with Crippen molar-refractivity contribution in [2.24, 2.45) is 0 Å². The Hall–Kier alpha value is -4.35. The zero-order chi connectivity index (χ0) is 19.3. The first-order valence-corrected chi connectivity index (χ1v) is 8.75. The van der Waals surface area contributed by atoms with Crippen LogP contribution in [-0.2, 0) is 0 Å². The number of nitrogen functional groups attached to an aromatic ring is 1. The lowest BCUT2D eigenvalue weighted by Gasteiger charge is -2.14. The Balaban J connectivity index is 2.04. The van der Waals surface area contributed by atoms with E-state index >= 15 is 0 Å². The third-order valence-electron chi connectivity index (χ3n) is 5.06. The van der Waals surface area contributed by atoms with Crippen molar-refractivity contribution in [1.29, 1.82) is 10.5 Å². The zero-order valence-electron chi connectivity index (χ0n) is 14.7. The molecule has 3 aromatic carbocycles. The monoisotopic (exact) mass is 359 g/mol. The van der Waals surface area contributed by atoms with Crippen molar-refractivity contribution < 1.29 is 0 Å². The summed E-state index contributed by atoms with van der Waals surface area (Å²) < 4.78 is 1.70. The first-order chi connectivity index (χ1) is 13.7. The molecule has 0 saturated heterocycles. The second kappa shape index (κ2) is 5.84. The summed E-state index contributed by atoms with van der Waals surface area (Å²) in [7, 11) is 0. The van der Waals surface area contributed by atoms with Crippen LogP contribution in [0.5, 0.6) is 0 Å². The summed E-state index contributed by atoms with van der Waals surface area (Å²) >= 11 is 0. The van der Waals surface area contributed by atoms with Crippen LogP contribution in [0, 0.1) is 22.7 Å². The van der Waals surface area contributed by atoms with E-state index in [4.69, 9.17) is 5.73 Å². The molecule has 0 bridgehead atoms. The molecule has 5 rings (SSSR count). The van der Waals surface area contributed by atoms with Gasteiger partial charge in [0.1, 0.15) is 29.1 Å². The van der Waals surface area contributed by atoms with Gasteiger partial charge in [0.2, 0.25) is 0 Å². The standard InChI is InChI=1S/C23H13N5/c24-12-17-21(16-9-5-7-14-6-1-2-8-15(14)16)18(13-25)23-27-19-10-3-4-11-20(19)28(23)22(17)26/h1-11H,26H2. The Bertz CT molecular complexity index is 1490. The number of para-hydroxylation sites is 2. The van der Waals surface area contributed by atoms with Crippen molar-refractivity contribution in [3.05, 3.63) is 77.9 Å². The second-order valence-electron chi connectivity index (χ2n) is 6.52. The number of nitrogens with zero attached hydrogens (tertiary/aromatic N) is 4. The first-order valence-electron chi connectivity index (χ1n) is 8.75. The maximum absolute atomic E-state index is 10.0. The minimum absolute atomic E-state index is 0.281. The van der Waals surface area contributed by atoms with E-state index in [1.807, 2.05) is 66.7 Å². The smallest absolute Gasteiger partial charge is 0.158 e. The number of hydrogen-bond donors (Lipinski definition) is 1. The van der Waals surface area contributed by atoms with Crippen LogP contribution < -0.4 is 5.73 Å². The molecule has 0 atom stereocenters. The van der Waals surface area contributed by atoms with Gasteiger partial charge in [-0.1, -0.05) is 54.6 Å². The van der Waals surface area contributed by atoms with Gasteiger partial charge in [0.25, 0.3) is 0 Å². The molecule has 0 radical (unpaired) electrons. The van der Waals surface area contributed by atoms with Gasteiger partial charge in [-0.2, -0.15) is 10.5 Å². The highest BCUT2D eigenvalue weighted by atomic mass is 15.1. The highest BCUT2D eigenvalue weighted by molar-refractivity contribution is 6.02. The predicted molar refractivity (Wildman–Crippen MR) is 109 cm³/mol. The number of benzene rings is 3. The van der Waals surface area contributed by atoms with Crippen molar-refractivity contribution in [2.45, 2.75) is 0 Å². The summed E-state index contributed by atoms with van der Waals surface area (Å²) in [5.41, 5.74) is 10.4. The van der Waals surface area contributed by atoms with Crippen LogP contribution in [0.15, 0.2) is 66.7 Å². The second-order valence-corrected chi connectivity index (χ2v) is 6.52. The first kappa shape index (κ1) is 15.9. The maximum Gasteiger partial charge on any atom is 0.158 e. The Morgan fingerprint density at radius 1 is 0.821 bits per heavy atom. The van der Waals surface area contributed by atoms with Crippen molar-refractivity contribution in [1.82, 2.24) is 9.38 Å². The number of pyridine rings is 1. The van der Waals surface area contributed by atoms with E-state index in [1.54, 1.807) is 4.40 Å². The fourth-order valence-corrected chi connectivity index (χ4v) is 3.85. The largest absolute Gasteiger partial charge is 0.384 e. The van der Waals surface area contributed by atoms with Gasteiger partial charge in [-0.05, 0) is 28.5 Å². The number of rotatable bonds is 1. The van der Waals surface area contributed by atoms with Gasteiger partial charge >= 0.3 is 0 Å². The number of nitrogens with two attached hydrogens (primary N) is 1. The molecule has 130 valence electrons. The molecule has 0 aliphatic heterocycles. The molecule has 0 aliphatic carbocycles. The number of imidazole rings is 1. The van der Waals surface area contributed by atoms with E-state index in [0.717, 1.165) is 27.4 Å². The highest BCUT2D eigenvalue weighted by Gasteiger charge is 2.23. The van der Waals surface area contributed by atoms with E-state index in [9.17, 15) is 10.5 Å². The molecule has 0 fully saturated rings. The predicted octanol–water partition coefficient (Wildman–Crippen LogP) is 4.63. The van der Waals surface area contributed by atoms with Crippen LogP contribution in [0.4, 0.5) is 5.82 Å². The average molecular weight is 359 g/mol. The molecular weight excluding hydrogens is 346 g/mol. The molecule has 5 nitrogen and oxygen atoms in total. The summed E-state index contributed by atoms with van der Waals surface area (Å²) in [4.78, 5) is 4.64. The van der Waals surface area contributed by atoms with Gasteiger partial charge in [0, 0.05) is 5.56 Å². The topological polar surface area (TPSA) is 90.9 Å².